The Morgan fingerprint density at radius 3 is 2.64 bits per heavy atom. The number of allylic oxidation sites excluding steroid dienone is 1. The van der Waals surface area contributed by atoms with Gasteiger partial charge in [-0.2, -0.15) is 6.42 Å². The molecule has 0 rings (SSSR count). The van der Waals surface area contributed by atoms with Crippen molar-refractivity contribution in [1.82, 2.24) is 0 Å². The summed E-state index contributed by atoms with van der Waals surface area (Å²) in [5.41, 5.74) is 0. The fourth-order valence-corrected chi connectivity index (χ4v) is 0.529. The van der Waals surface area contributed by atoms with Crippen LogP contribution in [0.4, 0.5) is 0 Å². The average Bonchev–Trinajstić information content (AvgIpc) is 1.97. The van der Waals surface area contributed by atoms with Crippen molar-refractivity contribution < 1.29 is 28.3 Å². The molecule has 0 aromatic rings. The molecule has 0 aliphatic carbocycles. The van der Waals surface area contributed by atoms with E-state index in [4.69, 9.17) is 4.74 Å². The van der Waals surface area contributed by atoms with Crippen LogP contribution in [0, 0.1) is 6.92 Å². The van der Waals surface area contributed by atoms with Gasteiger partial charge in [0.1, 0.15) is 6.79 Å². The van der Waals surface area contributed by atoms with E-state index < -0.39 is 0 Å². The molecule has 0 aliphatic heterocycles. The quantitative estimate of drug-likeness (QED) is 0.155. The summed E-state index contributed by atoms with van der Waals surface area (Å²) >= 11 is 0. The van der Waals surface area contributed by atoms with Gasteiger partial charge in [-0.25, -0.2) is 0 Å². The van der Waals surface area contributed by atoms with Crippen molar-refractivity contribution in [3.8, 4) is 0 Å². The van der Waals surface area contributed by atoms with E-state index in [0.29, 0.717) is 6.79 Å². The fraction of sp³-hybridized carbons (Fsp3) is 0.625. The van der Waals surface area contributed by atoms with E-state index in [-0.39, 0.29) is 18.9 Å². The van der Waals surface area contributed by atoms with Gasteiger partial charge in [0.25, 0.3) is 0 Å². The zero-order valence-corrected chi connectivity index (χ0v) is 7.51. The molecule has 0 atom stereocenters. The van der Waals surface area contributed by atoms with Crippen LogP contribution >= 0.6 is 0 Å². The molecule has 0 saturated heterocycles. The maximum Gasteiger partial charge on any atom is 1.00 e. The van der Waals surface area contributed by atoms with Gasteiger partial charge < -0.3 is 16.4 Å². The molecular weight excluding hydrogens is 135 g/mol. The first kappa shape index (κ1) is 13.8. The van der Waals surface area contributed by atoms with Gasteiger partial charge in [0, 0.05) is 7.11 Å². The van der Waals surface area contributed by atoms with Crippen molar-refractivity contribution in [1.29, 1.82) is 0 Å². The molecule has 60 valence electrons. The standard InChI is InChI=1S/C8H15O2.Li/c1-3-4-5-6-7-10-8-9-2;/h4-5H,1,3,6-8H2,2H3;/q-1;+1. The molecule has 0 bridgehead atoms. The molecule has 0 fully saturated rings. The minimum absolute atomic E-state index is 0. The van der Waals surface area contributed by atoms with E-state index in [1.165, 1.54) is 0 Å². The summed E-state index contributed by atoms with van der Waals surface area (Å²) in [4.78, 5) is 0. The first-order chi connectivity index (χ1) is 4.91. The Morgan fingerprint density at radius 1 is 1.36 bits per heavy atom. The molecule has 3 heteroatoms. The van der Waals surface area contributed by atoms with Gasteiger partial charge in [-0.15, -0.1) is 6.08 Å². The minimum atomic E-state index is 0. The van der Waals surface area contributed by atoms with Crippen molar-refractivity contribution in [2.24, 2.45) is 0 Å². The molecule has 0 aromatic carbocycles. The third kappa shape index (κ3) is 13.3. The summed E-state index contributed by atoms with van der Waals surface area (Å²) in [5.74, 6) is 0. The van der Waals surface area contributed by atoms with Crippen LogP contribution in [-0.4, -0.2) is 20.5 Å². The fourth-order valence-electron chi connectivity index (χ4n) is 0.529. The smallest absolute Gasteiger partial charge is 0.359 e. The first-order valence-corrected chi connectivity index (χ1v) is 3.42. The number of rotatable bonds is 6. The topological polar surface area (TPSA) is 18.5 Å². The Bertz CT molecular complexity index is 84.2. The van der Waals surface area contributed by atoms with Gasteiger partial charge in [0.05, 0.1) is 6.61 Å². The summed E-state index contributed by atoms with van der Waals surface area (Å²) in [5, 5.41) is 0. The molecule has 0 amide bonds. The zero-order valence-electron chi connectivity index (χ0n) is 7.51. The summed E-state index contributed by atoms with van der Waals surface area (Å²) in [6.45, 7) is 4.78. The normalized spacial score (nSPS) is 10.0. The maximum atomic E-state index is 5.04. The van der Waals surface area contributed by atoms with Crippen LogP contribution in [0.1, 0.15) is 12.8 Å². The summed E-state index contributed by atoms with van der Waals surface area (Å²) in [7, 11) is 1.62. The Morgan fingerprint density at radius 2 is 2.09 bits per heavy atom. The molecule has 0 spiro atoms. The molecule has 11 heavy (non-hydrogen) atoms. The second kappa shape index (κ2) is 12.9. The van der Waals surface area contributed by atoms with Crippen LogP contribution in [-0.2, 0) is 9.47 Å². The molecule has 0 unspecified atom stereocenters. The van der Waals surface area contributed by atoms with Crippen molar-refractivity contribution >= 4 is 0 Å². The number of ether oxygens (including phenoxy) is 2. The van der Waals surface area contributed by atoms with E-state index in [2.05, 4.69) is 17.7 Å². The number of methoxy groups -OCH3 is 1. The first-order valence-electron chi connectivity index (χ1n) is 3.42. The number of hydrogen-bond acceptors (Lipinski definition) is 2. The van der Waals surface area contributed by atoms with Gasteiger partial charge in [0.2, 0.25) is 0 Å². The zero-order chi connectivity index (χ0) is 7.66. The molecular formula is C8H15LiO2. The number of hydrogen-bond donors (Lipinski definition) is 0. The van der Waals surface area contributed by atoms with Gasteiger partial charge in [-0.1, -0.05) is 6.08 Å². The maximum absolute atomic E-state index is 5.04. The van der Waals surface area contributed by atoms with Crippen molar-refractivity contribution in [3.05, 3.63) is 19.1 Å². The van der Waals surface area contributed by atoms with Gasteiger partial charge >= 0.3 is 18.9 Å². The molecule has 0 saturated carbocycles. The van der Waals surface area contributed by atoms with Crippen LogP contribution < -0.4 is 18.9 Å². The summed E-state index contributed by atoms with van der Waals surface area (Å²) in [6, 6.07) is 0. The molecule has 0 N–H and O–H groups in total. The van der Waals surface area contributed by atoms with Crippen LogP contribution in [0.3, 0.4) is 0 Å². The van der Waals surface area contributed by atoms with E-state index in [0.717, 1.165) is 19.4 Å². The predicted octanol–water partition coefficient (Wildman–Crippen LogP) is -1.22. The minimum Gasteiger partial charge on any atom is -0.359 e. The van der Waals surface area contributed by atoms with E-state index in [1.54, 1.807) is 7.11 Å². The van der Waals surface area contributed by atoms with Gasteiger partial charge in [0.15, 0.2) is 0 Å². The van der Waals surface area contributed by atoms with Gasteiger partial charge in [-0.3, -0.25) is 0 Å². The van der Waals surface area contributed by atoms with Crippen molar-refractivity contribution in [2.45, 2.75) is 12.8 Å². The van der Waals surface area contributed by atoms with Crippen molar-refractivity contribution in [3.63, 3.8) is 0 Å². The third-order valence-corrected chi connectivity index (χ3v) is 0.963. The molecule has 2 nitrogen and oxygen atoms in total. The second-order valence-electron chi connectivity index (χ2n) is 1.86. The Labute approximate surface area is 81.1 Å². The van der Waals surface area contributed by atoms with E-state index in [9.17, 15) is 0 Å². The average molecular weight is 150 g/mol. The van der Waals surface area contributed by atoms with Gasteiger partial charge in [-0.05, 0) is 6.42 Å². The monoisotopic (exact) mass is 150 g/mol. The van der Waals surface area contributed by atoms with E-state index in [1.807, 2.05) is 6.08 Å². The summed E-state index contributed by atoms with van der Waals surface area (Å²) < 4.78 is 9.73. The Hall–Kier alpha value is 0.257. The van der Waals surface area contributed by atoms with E-state index >= 15 is 0 Å². The third-order valence-electron chi connectivity index (χ3n) is 0.963. The van der Waals surface area contributed by atoms with Crippen LogP contribution in [0.5, 0.6) is 0 Å². The summed E-state index contributed by atoms with van der Waals surface area (Å²) in [6.07, 6.45) is 5.88. The molecule has 0 radical (unpaired) electrons. The van der Waals surface area contributed by atoms with Crippen LogP contribution in [0.2, 0.25) is 0 Å². The molecule has 0 aliphatic rings. The predicted molar refractivity (Wildman–Crippen MR) is 41.6 cm³/mol. The molecule has 0 heterocycles. The van der Waals surface area contributed by atoms with Crippen molar-refractivity contribution in [2.75, 3.05) is 20.5 Å². The SMILES string of the molecule is [CH2-]CC=CCCOCOC.[Li+]. The van der Waals surface area contributed by atoms with Crippen LogP contribution in [0.15, 0.2) is 12.2 Å². The Kier molecular flexibility index (Phi) is 16.2. The Balaban J connectivity index is 0. The molecule has 0 aromatic heterocycles. The second-order valence-corrected chi connectivity index (χ2v) is 1.86. The largest absolute Gasteiger partial charge is 1.00 e. The van der Waals surface area contributed by atoms with Crippen LogP contribution in [0.25, 0.3) is 0 Å².